The normalized spacial score (nSPS) is 17.2. The molecule has 1 aromatic heterocycles. The highest BCUT2D eigenvalue weighted by Gasteiger charge is 2.32. The number of amides is 1. The van der Waals surface area contributed by atoms with Crippen LogP contribution in [0.1, 0.15) is 43.1 Å². The van der Waals surface area contributed by atoms with Gasteiger partial charge in [-0.1, -0.05) is 30.1 Å². The molecule has 2 aromatic carbocycles. The van der Waals surface area contributed by atoms with Crippen molar-refractivity contribution in [1.82, 2.24) is 9.46 Å². The lowest BCUT2D eigenvalue weighted by atomic mass is 10.0. The van der Waals surface area contributed by atoms with Crippen molar-refractivity contribution in [3.8, 4) is 11.3 Å². The fourth-order valence-corrected chi connectivity index (χ4v) is 5.76. The van der Waals surface area contributed by atoms with Crippen LogP contribution in [0.5, 0.6) is 0 Å². The maximum Gasteiger partial charge on any atom is 0.277 e. The van der Waals surface area contributed by atoms with Gasteiger partial charge in [0.2, 0.25) is 10.0 Å². The van der Waals surface area contributed by atoms with Gasteiger partial charge in [0.1, 0.15) is 0 Å². The van der Waals surface area contributed by atoms with Crippen LogP contribution in [0.3, 0.4) is 0 Å². The van der Waals surface area contributed by atoms with E-state index in [1.54, 1.807) is 46.8 Å². The maximum atomic E-state index is 13.1. The third-order valence-electron chi connectivity index (χ3n) is 5.63. The van der Waals surface area contributed by atoms with Crippen LogP contribution in [-0.4, -0.2) is 36.4 Å². The van der Waals surface area contributed by atoms with Crippen LogP contribution in [-0.2, 0) is 10.0 Å². The Labute approximate surface area is 192 Å². The first-order valence-electron chi connectivity index (χ1n) is 10.5. The highest BCUT2D eigenvalue weighted by atomic mass is 35.5. The fourth-order valence-electron chi connectivity index (χ4n) is 3.87. The lowest BCUT2D eigenvalue weighted by Crippen LogP contribution is -2.43. The lowest BCUT2D eigenvalue weighted by Gasteiger charge is -2.34. The molecule has 0 aliphatic carbocycles. The minimum atomic E-state index is -3.57. The van der Waals surface area contributed by atoms with E-state index in [-0.39, 0.29) is 16.6 Å². The van der Waals surface area contributed by atoms with E-state index >= 15 is 0 Å². The Kier molecular flexibility index (Phi) is 6.64. The first-order chi connectivity index (χ1) is 15.4. The van der Waals surface area contributed by atoms with Crippen LogP contribution in [0, 0.1) is 0 Å². The minimum absolute atomic E-state index is 0.0372. The van der Waals surface area contributed by atoms with Gasteiger partial charge < -0.3 is 9.84 Å². The highest BCUT2D eigenvalue weighted by molar-refractivity contribution is 7.89. The Bertz CT molecular complexity index is 1190. The largest absolute Gasteiger partial charge is 0.355 e. The van der Waals surface area contributed by atoms with Crippen molar-refractivity contribution in [3.63, 3.8) is 0 Å². The SMILES string of the molecule is CCC1CCCCN1S(=O)(=O)c1ccc(NC(=O)c2cc(-c3ccc(Cl)cc3)on2)cc1. The first kappa shape index (κ1) is 22.5. The summed E-state index contributed by atoms with van der Waals surface area (Å²) < 4.78 is 33.0. The molecule has 1 saturated heterocycles. The van der Waals surface area contributed by atoms with Gasteiger partial charge in [0.25, 0.3) is 5.91 Å². The number of hydrogen-bond acceptors (Lipinski definition) is 5. The maximum absolute atomic E-state index is 13.1. The zero-order chi connectivity index (χ0) is 22.7. The third kappa shape index (κ3) is 4.72. The Morgan fingerprint density at radius 1 is 1.16 bits per heavy atom. The summed E-state index contributed by atoms with van der Waals surface area (Å²) in [6, 6.07) is 14.8. The minimum Gasteiger partial charge on any atom is -0.355 e. The molecule has 3 aromatic rings. The second-order valence-corrected chi connectivity index (χ2v) is 10.1. The summed E-state index contributed by atoms with van der Waals surface area (Å²) in [5, 5.41) is 7.14. The molecule has 2 heterocycles. The molecule has 32 heavy (non-hydrogen) atoms. The van der Waals surface area contributed by atoms with Crippen molar-refractivity contribution in [2.45, 2.75) is 43.5 Å². The van der Waals surface area contributed by atoms with Gasteiger partial charge in [-0.05, 0) is 67.8 Å². The number of carbonyl (C=O) groups excluding carboxylic acids is 1. The summed E-state index contributed by atoms with van der Waals surface area (Å²) in [7, 11) is -3.57. The van der Waals surface area contributed by atoms with Gasteiger partial charge in [-0.2, -0.15) is 4.31 Å². The van der Waals surface area contributed by atoms with E-state index < -0.39 is 15.9 Å². The van der Waals surface area contributed by atoms with Crippen molar-refractivity contribution in [3.05, 3.63) is 65.3 Å². The molecule has 4 rings (SSSR count). The van der Waals surface area contributed by atoms with Gasteiger partial charge in [-0.3, -0.25) is 4.79 Å². The van der Waals surface area contributed by atoms with Gasteiger partial charge in [0.15, 0.2) is 11.5 Å². The standard InChI is InChI=1S/C23H24ClN3O4S/c1-2-19-5-3-4-14-27(19)32(29,30)20-12-10-18(11-13-20)25-23(28)21-15-22(31-26-21)16-6-8-17(24)9-7-16/h6-13,15,19H,2-5,14H2,1H3,(H,25,28). The lowest BCUT2D eigenvalue weighted by molar-refractivity contribution is 0.101. The van der Waals surface area contributed by atoms with Crippen molar-refractivity contribution >= 4 is 33.2 Å². The average Bonchev–Trinajstić information content (AvgIpc) is 3.30. The Morgan fingerprint density at radius 2 is 1.88 bits per heavy atom. The number of aromatic nitrogens is 1. The average molecular weight is 474 g/mol. The molecule has 0 spiro atoms. The summed E-state index contributed by atoms with van der Waals surface area (Å²) in [4.78, 5) is 12.8. The summed E-state index contributed by atoms with van der Waals surface area (Å²) in [5.74, 6) is -0.00749. The van der Waals surface area contributed by atoms with E-state index in [1.807, 2.05) is 6.92 Å². The smallest absolute Gasteiger partial charge is 0.277 e. The number of rotatable bonds is 6. The first-order valence-corrected chi connectivity index (χ1v) is 12.4. The van der Waals surface area contributed by atoms with E-state index in [1.165, 1.54) is 12.1 Å². The summed E-state index contributed by atoms with van der Waals surface area (Å²) >= 11 is 5.89. The van der Waals surface area contributed by atoms with Crippen molar-refractivity contribution < 1.29 is 17.7 Å². The number of nitrogens with one attached hydrogen (secondary N) is 1. The van der Waals surface area contributed by atoms with Crippen LogP contribution in [0.25, 0.3) is 11.3 Å². The van der Waals surface area contributed by atoms with Crippen LogP contribution in [0.4, 0.5) is 5.69 Å². The molecule has 1 aliphatic rings. The van der Waals surface area contributed by atoms with Gasteiger partial charge in [0, 0.05) is 34.9 Å². The van der Waals surface area contributed by atoms with Gasteiger partial charge in [-0.25, -0.2) is 8.42 Å². The topological polar surface area (TPSA) is 92.5 Å². The van der Waals surface area contributed by atoms with Crippen LogP contribution < -0.4 is 5.32 Å². The van der Waals surface area contributed by atoms with E-state index in [4.69, 9.17) is 16.1 Å². The number of piperidine rings is 1. The third-order valence-corrected chi connectivity index (χ3v) is 7.85. The van der Waals surface area contributed by atoms with E-state index in [0.29, 0.717) is 23.0 Å². The Hall–Kier alpha value is -2.68. The summed E-state index contributed by atoms with van der Waals surface area (Å²) in [6.45, 7) is 2.56. The number of hydrogen-bond donors (Lipinski definition) is 1. The quantitative estimate of drug-likeness (QED) is 0.531. The molecule has 1 unspecified atom stereocenters. The molecule has 1 fully saturated rings. The second-order valence-electron chi connectivity index (χ2n) is 7.74. The summed E-state index contributed by atoms with van der Waals surface area (Å²) in [5.41, 5.74) is 1.33. The van der Waals surface area contributed by atoms with Gasteiger partial charge in [0.05, 0.1) is 4.90 Å². The van der Waals surface area contributed by atoms with Crippen LogP contribution in [0.15, 0.2) is 64.0 Å². The molecule has 1 atom stereocenters. The second kappa shape index (κ2) is 9.44. The number of halogens is 1. The van der Waals surface area contributed by atoms with Gasteiger partial charge in [-0.15, -0.1) is 0 Å². The van der Waals surface area contributed by atoms with Crippen LogP contribution >= 0.6 is 11.6 Å². The molecule has 1 N–H and O–H groups in total. The molecular formula is C23H24ClN3O4S. The Morgan fingerprint density at radius 3 is 2.56 bits per heavy atom. The highest BCUT2D eigenvalue weighted by Crippen LogP contribution is 2.28. The fraction of sp³-hybridized carbons (Fsp3) is 0.304. The van der Waals surface area contributed by atoms with Crippen molar-refractivity contribution in [2.75, 3.05) is 11.9 Å². The molecule has 1 amide bonds. The zero-order valence-corrected chi connectivity index (χ0v) is 19.2. The monoisotopic (exact) mass is 473 g/mol. The van der Waals surface area contributed by atoms with E-state index in [9.17, 15) is 13.2 Å². The Balaban J connectivity index is 1.46. The molecule has 9 heteroatoms. The molecule has 0 bridgehead atoms. The molecule has 0 radical (unpaired) electrons. The molecular weight excluding hydrogens is 450 g/mol. The van der Waals surface area contributed by atoms with E-state index in [2.05, 4.69) is 10.5 Å². The number of anilines is 1. The number of carbonyl (C=O) groups is 1. The number of nitrogens with zero attached hydrogens (tertiary/aromatic N) is 2. The van der Waals surface area contributed by atoms with Gasteiger partial charge >= 0.3 is 0 Å². The molecule has 168 valence electrons. The van der Waals surface area contributed by atoms with Crippen molar-refractivity contribution in [2.24, 2.45) is 0 Å². The number of benzene rings is 2. The predicted octanol–water partition coefficient (Wildman–Crippen LogP) is 5.20. The van der Waals surface area contributed by atoms with Crippen molar-refractivity contribution in [1.29, 1.82) is 0 Å². The zero-order valence-electron chi connectivity index (χ0n) is 17.6. The number of sulfonamides is 1. The van der Waals surface area contributed by atoms with E-state index in [0.717, 1.165) is 31.2 Å². The molecule has 7 nitrogen and oxygen atoms in total. The summed E-state index contributed by atoms with van der Waals surface area (Å²) in [6.07, 6.45) is 3.61. The molecule has 0 saturated carbocycles. The van der Waals surface area contributed by atoms with Crippen LogP contribution in [0.2, 0.25) is 5.02 Å². The predicted molar refractivity (Wildman–Crippen MR) is 123 cm³/mol. The molecule has 1 aliphatic heterocycles.